The van der Waals surface area contributed by atoms with Crippen molar-refractivity contribution in [2.24, 2.45) is 0 Å². The van der Waals surface area contributed by atoms with Crippen molar-refractivity contribution in [3.8, 4) is 5.75 Å². The van der Waals surface area contributed by atoms with Crippen LogP contribution in [0.25, 0.3) is 0 Å². The summed E-state index contributed by atoms with van der Waals surface area (Å²) in [5.74, 6) is -0.381. The van der Waals surface area contributed by atoms with E-state index >= 15 is 0 Å². The first kappa shape index (κ1) is 17.3. The van der Waals surface area contributed by atoms with Gasteiger partial charge in [-0.3, -0.25) is 0 Å². The van der Waals surface area contributed by atoms with Gasteiger partial charge in [-0.2, -0.15) is 0 Å². The van der Waals surface area contributed by atoms with Crippen LogP contribution in [0.3, 0.4) is 0 Å². The second-order valence-electron chi connectivity index (χ2n) is 5.44. The van der Waals surface area contributed by atoms with Crippen LogP contribution in [0, 0.1) is 0 Å². The quantitative estimate of drug-likeness (QED) is 0.755. The maximum atomic E-state index is 11.4. The predicted molar refractivity (Wildman–Crippen MR) is 80.2 cm³/mol. The van der Waals surface area contributed by atoms with E-state index < -0.39 is 17.7 Å². The lowest BCUT2D eigenvalue weighted by atomic mass is 10.2. The number of carbonyl (C=O) groups excluding carboxylic acids is 1. The topological polar surface area (TPSA) is 84.9 Å². The van der Waals surface area contributed by atoms with Crippen molar-refractivity contribution < 1.29 is 24.2 Å². The SMILES string of the molecule is CC(C)(C)OC(=O)NCCCCOc1csc(C(=O)O)c1. The average molecular weight is 315 g/mol. The number of thiophene rings is 1. The van der Waals surface area contributed by atoms with Gasteiger partial charge in [-0.15, -0.1) is 11.3 Å². The summed E-state index contributed by atoms with van der Waals surface area (Å²) in [6.45, 7) is 6.43. The molecule has 0 aliphatic rings. The molecule has 0 radical (unpaired) electrons. The van der Waals surface area contributed by atoms with Crippen molar-refractivity contribution in [3.05, 3.63) is 16.3 Å². The number of nitrogens with one attached hydrogen (secondary N) is 1. The third kappa shape index (κ3) is 7.55. The number of hydrogen-bond acceptors (Lipinski definition) is 5. The summed E-state index contributed by atoms with van der Waals surface area (Å²) < 4.78 is 10.5. The van der Waals surface area contributed by atoms with Gasteiger partial charge in [0.05, 0.1) is 6.61 Å². The fourth-order valence-electron chi connectivity index (χ4n) is 1.43. The molecular formula is C14H21NO5S. The molecule has 6 nitrogen and oxygen atoms in total. The van der Waals surface area contributed by atoms with Gasteiger partial charge in [-0.05, 0) is 33.6 Å². The van der Waals surface area contributed by atoms with Crippen LogP contribution in [0.1, 0.15) is 43.3 Å². The first-order valence-corrected chi connectivity index (χ1v) is 7.57. The number of amides is 1. The van der Waals surface area contributed by atoms with Crippen LogP contribution in [0.2, 0.25) is 0 Å². The fourth-order valence-corrected chi connectivity index (χ4v) is 2.09. The summed E-state index contributed by atoms with van der Waals surface area (Å²) >= 11 is 1.14. The second-order valence-corrected chi connectivity index (χ2v) is 6.35. The molecule has 118 valence electrons. The largest absolute Gasteiger partial charge is 0.493 e. The first-order valence-electron chi connectivity index (χ1n) is 6.69. The Morgan fingerprint density at radius 2 is 2.05 bits per heavy atom. The minimum absolute atomic E-state index is 0.261. The number of aromatic carboxylic acids is 1. The van der Waals surface area contributed by atoms with Crippen LogP contribution in [-0.4, -0.2) is 35.9 Å². The van der Waals surface area contributed by atoms with E-state index in [-0.39, 0.29) is 4.88 Å². The van der Waals surface area contributed by atoms with Gasteiger partial charge < -0.3 is 19.9 Å². The van der Waals surface area contributed by atoms with Gasteiger partial charge >= 0.3 is 12.1 Å². The molecule has 0 saturated heterocycles. The maximum Gasteiger partial charge on any atom is 0.407 e. The van der Waals surface area contributed by atoms with Gasteiger partial charge in [0.2, 0.25) is 0 Å². The van der Waals surface area contributed by atoms with Crippen molar-refractivity contribution >= 4 is 23.4 Å². The molecule has 0 fully saturated rings. The number of carboxylic acid groups (broad SMARTS) is 1. The summed E-state index contributed by atoms with van der Waals surface area (Å²) in [7, 11) is 0. The molecule has 7 heteroatoms. The number of hydrogen-bond donors (Lipinski definition) is 2. The smallest absolute Gasteiger partial charge is 0.407 e. The summed E-state index contributed by atoms with van der Waals surface area (Å²) in [6.07, 6.45) is 1.09. The first-order chi connectivity index (χ1) is 9.78. The van der Waals surface area contributed by atoms with E-state index in [2.05, 4.69) is 5.32 Å². The van der Waals surface area contributed by atoms with Crippen LogP contribution in [0.5, 0.6) is 5.75 Å². The Balaban J connectivity index is 2.09. The molecule has 2 N–H and O–H groups in total. The van der Waals surface area contributed by atoms with Crippen LogP contribution in [0.4, 0.5) is 4.79 Å². The molecule has 0 atom stereocenters. The van der Waals surface area contributed by atoms with Gasteiger partial charge in [-0.25, -0.2) is 9.59 Å². The highest BCUT2D eigenvalue weighted by Gasteiger charge is 2.15. The van der Waals surface area contributed by atoms with Crippen LogP contribution >= 0.6 is 11.3 Å². The zero-order valence-electron chi connectivity index (χ0n) is 12.5. The van der Waals surface area contributed by atoms with E-state index in [4.69, 9.17) is 14.6 Å². The van der Waals surface area contributed by atoms with E-state index in [0.29, 0.717) is 18.9 Å². The molecule has 0 saturated carbocycles. The van der Waals surface area contributed by atoms with E-state index in [1.165, 1.54) is 6.07 Å². The monoisotopic (exact) mass is 315 g/mol. The highest BCUT2D eigenvalue weighted by Crippen LogP contribution is 2.21. The number of ether oxygens (including phenoxy) is 2. The minimum atomic E-state index is -0.948. The molecule has 1 aromatic rings. The van der Waals surface area contributed by atoms with E-state index in [1.54, 1.807) is 5.38 Å². The van der Waals surface area contributed by atoms with Gasteiger partial charge in [-0.1, -0.05) is 0 Å². The standard InChI is InChI=1S/C14H21NO5S/c1-14(2,3)20-13(18)15-6-4-5-7-19-10-8-11(12(16)17)21-9-10/h8-9H,4-7H2,1-3H3,(H,15,18)(H,16,17). The Labute approximate surface area is 128 Å². The Morgan fingerprint density at radius 1 is 1.33 bits per heavy atom. The predicted octanol–water partition coefficient (Wildman–Crippen LogP) is 3.13. The van der Waals surface area contributed by atoms with Gasteiger partial charge in [0.25, 0.3) is 0 Å². The Hall–Kier alpha value is -1.76. The Bertz CT molecular complexity index is 478. The Kier molecular flexibility index (Phi) is 6.48. The van der Waals surface area contributed by atoms with Crippen molar-refractivity contribution in [3.63, 3.8) is 0 Å². The van der Waals surface area contributed by atoms with Crippen LogP contribution in [-0.2, 0) is 4.74 Å². The number of rotatable bonds is 7. The number of unbranched alkanes of at least 4 members (excludes halogenated alkanes) is 1. The lowest BCUT2D eigenvalue weighted by Crippen LogP contribution is -2.33. The van der Waals surface area contributed by atoms with E-state index in [1.807, 2.05) is 20.8 Å². The molecule has 0 unspecified atom stereocenters. The maximum absolute atomic E-state index is 11.4. The Morgan fingerprint density at radius 3 is 2.62 bits per heavy atom. The number of carboxylic acids is 1. The molecule has 0 aliphatic carbocycles. The minimum Gasteiger partial charge on any atom is -0.493 e. The molecule has 1 heterocycles. The third-order valence-electron chi connectivity index (χ3n) is 2.29. The molecule has 21 heavy (non-hydrogen) atoms. The summed E-state index contributed by atoms with van der Waals surface area (Å²) in [5, 5.41) is 13.1. The molecule has 0 aliphatic heterocycles. The third-order valence-corrected chi connectivity index (χ3v) is 3.19. The van der Waals surface area contributed by atoms with Crippen LogP contribution in [0.15, 0.2) is 11.4 Å². The summed E-state index contributed by atoms with van der Waals surface area (Å²) in [6, 6.07) is 1.51. The number of alkyl carbamates (subject to hydrolysis) is 1. The zero-order valence-corrected chi connectivity index (χ0v) is 13.3. The van der Waals surface area contributed by atoms with Crippen molar-refractivity contribution in [2.45, 2.75) is 39.2 Å². The molecule has 1 aromatic heterocycles. The van der Waals surface area contributed by atoms with E-state index in [0.717, 1.165) is 24.2 Å². The highest BCUT2D eigenvalue weighted by atomic mass is 32.1. The van der Waals surface area contributed by atoms with Crippen molar-refractivity contribution in [1.29, 1.82) is 0 Å². The highest BCUT2D eigenvalue weighted by molar-refractivity contribution is 7.12. The van der Waals surface area contributed by atoms with Gasteiger partial charge in [0, 0.05) is 18.0 Å². The normalized spacial score (nSPS) is 11.0. The van der Waals surface area contributed by atoms with E-state index in [9.17, 15) is 9.59 Å². The van der Waals surface area contributed by atoms with Crippen molar-refractivity contribution in [2.75, 3.05) is 13.2 Å². The molecule has 1 rings (SSSR count). The lowest BCUT2D eigenvalue weighted by Gasteiger charge is -2.19. The van der Waals surface area contributed by atoms with Gasteiger partial charge in [0.15, 0.2) is 0 Å². The molecule has 0 spiro atoms. The number of carbonyl (C=O) groups is 2. The molecule has 0 bridgehead atoms. The summed E-state index contributed by atoms with van der Waals surface area (Å²) in [4.78, 5) is 22.3. The average Bonchev–Trinajstić information content (AvgIpc) is 2.80. The zero-order chi connectivity index (χ0) is 15.9. The lowest BCUT2D eigenvalue weighted by molar-refractivity contribution is 0.0525. The summed E-state index contributed by atoms with van der Waals surface area (Å²) in [5.41, 5.74) is -0.492. The second kappa shape index (κ2) is 7.87. The molecule has 0 aromatic carbocycles. The van der Waals surface area contributed by atoms with Crippen LogP contribution < -0.4 is 10.1 Å². The van der Waals surface area contributed by atoms with Crippen molar-refractivity contribution in [1.82, 2.24) is 5.32 Å². The molecule has 1 amide bonds. The molecular weight excluding hydrogens is 294 g/mol. The fraction of sp³-hybridized carbons (Fsp3) is 0.571. The van der Waals surface area contributed by atoms with Gasteiger partial charge in [0.1, 0.15) is 16.2 Å².